The fourth-order valence-electron chi connectivity index (χ4n) is 3.05. The highest BCUT2D eigenvalue weighted by Gasteiger charge is 2.14. The largest absolute Gasteiger partial charge is 0.366 e. The van der Waals surface area contributed by atoms with Gasteiger partial charge >= 0.3 is 0 Å². The van der Waals surface area contributed by atoms with Gasteiger partial charge < -0.3 is 10.6 Å². The molecule has 0 aliphatic rings. The molecule has 0 radical (unpaired) electrons. The van der Waals surface area contributed by atoms with Gasteiger partial charge in [-0.2, -0.15) is 0 Å². The van der Waals surface area contributed by atoms with Gasteiger partial charge in [-0.15, -0.1) is 11.3 Å². The third-order valence-electron chi connectivity index (χ3n) is 5.02. The van der Waals surface area contributed by atoms with Crippen molar-refractivity contribution in [3.8, 4) is 11.3 Å². The average Bonchev–Trinajstić information content (AvgIpc) is 3.19. The van der Waals surface area contributed by atoms with E-state index < -0.39 is 0 Å². The van der Waals surface area contributed by atoms with Crippen LogP contribution in [0, 0.1) is 20.8 Å². The highest BCUT2D eigenvalue weighted by atomic mass is 32.1. The molecule has 0 saturated carbocycles. The van der Waals surface area contributed by atoms with Gasteiger partial charge in [-0.3, -0.25) is 4.79 Å². The molecule has 0 aliphatic carbocycles. The Morgan fingerprint density at radius 1 is 1.10 bits per heavy atom. The Balaban J connectivity index is 0.00000166. The molecule has 0 unspecified atom stereocenters. The highest BCUT2D eigenvalue weighted by molar-refractivity contribution is 7.13. The number of thiazole rings is 1. The molecule has 5 nitrogen and oxygen atoms in total. The van der Waals surface area contributed by atoms with Gasteiger partial charge in [0.15, 0.2) is 6.29 Å². The van der Waals surface area contributed by atoms with Crippen LogP contribution in [0.25, 0.3) is 11.3 Å². The molecule has 0 atom stereocenters. The third-order valence-corrected chi connectivity index (χ3v) is 6.00. The second kappa shape index (κ2) is 11.5. The summed E-state index contributed by atoms with van der Waals surface area (Å²) in [6, 6.07) is 12.5. The van der Waals surface area contributed by atoms with Crippen LogP contribution < -0.4 is 5.73 Å². The molecule has 3 rings (SSSR count). The molecule has 164 valence electrons. The molecule has 2 aromatic carbocycles. The maximum Gasteiger partial charge on any atom is 0.162 e. The van der Waals surface area contributed by atoms with Gasteiger partial charge in [0.25, 0.3) is 0 Å². The standard InChI is InChI=1S/C24H27N3OS.CH5N/c1-6-27(5)15-25-21-12-17(3)20(11-18(21)4)13-23-26-24(22(14-28)29-23)19-9-7-16(2)8-10-19;1-2/h7-12,14-15H,6,13H2,1-5H3;2H2,1H3. The number of aliphatic imine (C=N–C) groups is 1. The molecular formula is C25H32N4OS. The zero-order valence-electron chi connectivity index (χ0n) is 19.3. The van der Waals surface area contributed by atoms with E-state index in [0.717, 1.165) is 40.3 Å². The van der Waals surface area contributed by atoms with Crippen LogP contribution in [0.4, 0.5) is 5.69 Å². The summed E-state index contributed by atoms with van der Waals surface area (Å²) in [5.74, 6) is 0. The number of aromatic nitrogens is 1. The van der Waals surface area contributed by atoms with E-state index in [9.17, 15) is 4.79 Å². The Morgan fingerprint density at radius 3 is 2.39 bits per heavy atom. The van der Waals surface area contributed by atoms with E-state index in [1.165, 1.54) is 35.1 Å². The maximum absolute atomic E-state index is 11.6. The van der Waals surface area contributed by atoms with E-state index in [1.54, 1.807) is 0 Å². The monoisotopic (exact) mass is 436 g/mol. The third kappa shape index (κ3) is 6.32. The van der Waals surface area contributed by atoms with E-state index in [-0.39, 0.29) is 0 Å². The van der Waals surface area contributed by atoms with E-state index in [0.29, 0.717) is 11.3 Å². The smallest absolute Gasteiger partial charge is 0.162 e. The maximum atomic E-state index is 11.6. The molecule has 3 aromatic rings. The Kier molecular flexibility index (Phi) is 9.09. The summed E-state index contributed by atoms with van der Waals surface area (Å²) in [5, 5.41) is 0.951. The zero-order chi connectivity index (χ0) is 23.0. The fourth-order valence-corrected chi connectivity index (χ4v) is 3.97. The lowest BCUT2D eigenvalue weighted by atomic mass is 10.0. The first-order valence-electron chi connectivity index (χ1n) is 10.4. The van der Waals surface area contributed by atoms with Crippen molar-refractivity contribution in [2.75, 3.05) is 20.6 Å². The average molecular weight is 437 g/mol. The number of rotatable bonds is 7. The number of nitrogens with zero attached hydrogens (tertiary/aromatic N) is 3. The fraction of sp³-hybridized carbons (Fsp3) is 0.320. The van der Waals surface area contributed by atoms with Crippen LogP contribution in [-0.2, 0) is 6.42 Å². The first-order valence-corrected chi connectivity index (χ1v) is 11.2. The Labute approximate surface area is 189 Å². The SMILES string of the molecule is CCN(C)C=Nc1cc(C)c(Cc2nc(-c3ccc(C)cc3)c(C=O)s2)cc1C.CN. The molecule has 0 saturated heterocycles. The van der Waals surface area contributed by atoms with Crippen LogP contribution in [0.2, 0.25) is 0 Å². The molecule has 1 aromatic heterocycles. The molecule has 6 heteroatoms. The number of aldehydes is 1. The van der Waals surface area contributed by atoms with Crippen LogP contribution in [0.5, 0.6) is 0 Å². The van der Waals surface area contributed by atoms with Crippen LogP contribution in [0.15, 0.2) is 41.4 Å². The van der Waals surface area contributed by atoms with Crippen molar-refractivity contribution < 1.29 is 4.79 Å². The van der Waals surface area contributed by atoms with Gasteiger partial charge in [0, 0.05) is 25.6 Å². The van der Waals surface area contributed by atoms with Gasteiger partial charge in [-0.05, 0) is 57.5 Å². The first kappa shape index (κ1) is 24.4. The normalized spacial score (nSPS) is 10.7. The van der Waals surface area contributed by atoms with E-state index in [2.05, 4.69) is 50.6 Å². The second-order valence-corrected chi connectivity index (χ2v) is 8.48. The molecule has 0 spiro atoms. The molecule has 0 bridgehead atoms. The van der Waals surface area contributed by atoms with Crippen molar-refractivity contribution in [1.29, 1.82) is 0 Å². The minimum Gasteiger partial charge on any atom is -0.366 e. The summed E-state index contributed by atoms with van der Waals surface area (Å²) in [7, 11) is 3.51. The minimum atomic E-state index is 0.682. The number of carbonyl (C=O) groups excluding carboxylic acids is 1. The number of nitrogens with two attached hydrogens (primary N) is 1. The van der Waals surface area contributed by atoms with Crippen molar-refractivity contribution in [3.05, 3.63) is 68.5 Å². The van der Waals surface area contributed by atoms with E-state index in [4.69, 9.17) is 4.98 Å². The van der Waals surface area contributed by atoms with Crippen LogP contribution in [0.3, 0.4) is 0 Å². The van der Waals surface area contributed by atoms with Crippen LogP contribution in [-0.4, -0.2) is 43.1 Å². The van der Waals surface area contributed by atoms with Crippen molar-refractivity contribution in [2.45, 2.75) is 34.1 Å². The van der Waals surface area contributed by atoms with Crippen molar-refractivity contribution in [2.24, 2.45) is 10.7 Å². The topological polar surface area (TPSA) is 71.6 Å². The molecular weight excluding hydrogens is 404 g/mol. The van der Waals surface area contributed by atoms with Crippen molar-refractivity contribution >= 4 is 29.6 Å². The molecule has 1 heterocycles. The Morgan fingerprint density at radius 2 is 1.77 bits per heavy atom. The first-order chi connectivity index (χ1) is 14.9. The molecule has 2 N–H and O–H groups in total. The highest BCUT2D eigenvalue weighted by Crippen LogP contribution is 2.30. The molecule has 0 aliphatic heterocycles. The van der Waals surface area contributed by atoms with Crippen LogP contribution in [0.1, 0.15) is 43.9 Å². The number of carbonyl (C=O) groups is 1. The van der Waals surface area contributed by atoms with Crippen LogP contribution >= 0.6 is 11.3 Å². The quantitative estimate of drug-likeness (QED) is 0.309. The predicted molar refractivity (Wildman–Crippen MR) is 133 cm³/mol. The summed E-state index contributed by atoms with van der Waals surface area (Å²) < 4.78 is 0. The number of hydrogen-bond acceptors (Lipinski definition) is 5. The van der Waals surface area contributed by atoms with Gasteiger partial charge in [0.1, 0.15) is 0 Å². The minimum absolute atomic E-state index is 0.682. The number of benzene rings is 2. The van der Waals surface area contributed by atoms with Gasteiger partial charge in [0.05, 0.1) is 27.6 Å². The summed E-state index contributed by atoms with van der Waals surface area (Å²) in [5.41, 5.74) is 12.0. The summed E-state index contributed by atoms with van der Waals surface area (Å²) in [6.07, 6.45) is 3.49. The Hall–Kier alpha value is -2.83. The van der Waals surface area contributed by atoms with Gasteiger partial charge in [0.2, 0.25) is 0 Å². The summed E-state index contributed by atoms with van der Waals surface area (Å²) in [6.45, 7) is 9.26. The van der Waals surface area contributed by atoms with Gasteiger partial charge in [-0.25, -0.2) is 9.98 Å². The van der Waals surface area contributed by atoms with E-state index >= 15 is 0 Å². The van der Waals surface area contributed by atoms with Crippen molar-refractivity contribution in [3.63, 3.8) is 0 Å². The number of aryl methyl sites for hydroxylation is 3. The predicted octanol–water partition coefficient (Wildman–Crippen LogP) is 5.33. The summed E-state index contributed by atoms with van der Waals surface area (Å²) >= 11 is 1.47. The lowest BCUT2D eigenvalue weighted by Crippen LogP contribution is -2.14. The second-order valence-electron chi connectivity index (χ2n) is 7.36. The summed E-state index contributed by atoms with van der Waals surface area (Å²) in [4.78, 5) is 23.7. The molecule has 31 heavy (non-hydrogen) atoms. The van der Waals surface area contributed by atoms with Crippen molar-refractivity contribution in [1.82, 2.24) is 9.88 Å². The van der Waals surface area contributed by atoms with E-state index in [1.807, 2.05) is 42.6 Å². The number of hydrogen-bond donors (Lipinski definition) is 1. The molecule has 0 fully saturated rings. The molecule has 0 amide bonds. The zero-order valence-corrected chi connectivity index (χ0v) is 20.1. The Bertz CT molecular complexity index is 1040. The lowest BCUT2D eigenvalue weighted by Gasteiger charge is -2.11. The lowest BCUT2D eigenvalue weighted by molar-refractivity contribution is 0.112. The van der Waals surface area contributed by atoms with Gasteiger partial charge in [-0.1, -0.05) is 35.9 Å².